The summed E-state index contributed by atoms with van der Waals surface area (Å²) in [5.74, 6) is -1.32. The first-order valence-electron chi connectivity index (χ1n) is 8.06. The lowest BCUT2D eigenvalue weighted by molar-refractivity contribution is -0.144. The molecule has 0 bridgehead atoms. The van der Waals surface area contributed by atoms with Crippen LogP contribution in [0.25, 0.3) is 28.1 Å². The van der Waals surface area contributed by atoms with Crippen LogP contribution in [-0.2, 0) is 16.0 Å². The average Bonchev–Trinajstić information content (AvgIpc) is 3.25. The van der Waals surface area contributed by atoms with Crippen molar-refractivity contribution in [3.8, 4) is 17.2 Å². The number of H-pyrrole nitrogens is 1. The Labute approximate surface area is 157 Å². The molecule has 2 heterocycles. The van der Waals surface area contributed by atoms with E-state index in [9.17, 15) is 21.6 Å². The number of aromatic nitrogens is 4. The highest BCUT2D eigenvalue weighted by atomic mass is 32.2. The Balaban J connectivity index is 1.89. The summed E-state index contributed by atoms with van der Waals surface area (Å²) in [4.78, 5) is 6.76. The molecule has 0 spiro atoms. The summed E-state index contributed by atoms with van der Waals surface area (Å²) in [5.41, 5.74) is 1.36. The Hall–Kier alpha value is -3.14. The first-order chi connectivity index (χ1) is 13.1. The fourth-order valence-corrected chi connectivity index (χ4v) is 3.45. The average molecular weight is 406 g/mol. The van der Waals surface area contributed by atoms with Crippen molar-refractivity contribution in [2.24, 2.45) is 0 Å². The molecule has 0 atom stereocenters. The molecule has 4 aromatic rings. The molecule has 0 unspecified atom stereocenters. The minimum absolute atomic E-state index is 0.0318. The second-order valence-electron chi connectivity index (χ2n) is 6.20. The zero-order valence-electron chi connectivity index (χ0n) is 14.4. The minimum atomic E-state index is -4.72. The maximum atomic E-state index is 13.2. The Kier molecular flexibility index (Phi) is 4.03. The van der Waals surface area contributed by atoms with Crippen molar-refractivity contribution >= 4 is 20.7 Å². The predicted octanol–water partition coefficient (Wildman–Crippen LogP) is 3.84. The highest BCUT2D eigenvalue weighted by Gasteiger charge is 2.37. The van der Waals surface area contributed by atoms with Crippen molar-refractivity contribution in [2.45, 2.75) is 11.1 Å². The lowest BCUT2D eigenvalue weighted by atomic mass is 10.2. The topological polar surface area (TPSA) is 80.6 Å². The van der Waals surface area contributed by atoms with E-state index in [1.807, 2.05) is 12.1 Å². The first kappa shape index (κ1) is 18.2. The van der Waals surface area contributed by atoms with Crippen molar-refractivity contribution in [3.05, 3.63) is 60.4 Å². The molecule has 0 saturated carbocycles. The summed E-state index contributed by atoms with van der Waals surface area (Å²) in [5, 5.41) is 4.41. The number of nitrogens with one attached hydrogen (secondary N) is 1. The largest absolute Gasteiger partial charge is 0.453 e. The van der Waals surface area contributed by atoms with Crippen LogP contribution in [0.4, 0.5) is 13.2 Å². The van der Waals surface area contributed by atoms with Crippen molar-refractivity contribution in [3.63, 3.8) is 0 Å². The maximum absolute atomic E-state index is 13.2. The summed E-state index contributed by atoms with van der Waals surface area (Å²) >= 11 is 0. The van der Waals surface area contributed by atoms with Gasteiger partial charge in [0, 0.05) is 17.2 Å². The van der Waals surface area contributed by atoms with Crippen molar-refractivity contribution in [1.82, 2.24) is 19.7 Å². The van der Waals surface area contributed by atoms with Gasteiger partial charge in [0.2, 0.25) is 0 Å². The number of hydrogen-bond acceptors (Lipinski definition) is 4. The van der Waals surface area contributed by atoms with Gasteiger partial charge in [-0.15, -0.1) is 5.10 Å². The van der Waals surface area contributed by atoms with Gasteiger partial charge in [-0.1, -0.05) is 18.2 Å². The third-order valence-electron chi connectivity index (χ3n) is 4.14. The van der Waals surface area contributed by atoms with E-state index in [1.165, 1.54) is 24.3 Å². The number of aromatic amines is 1. The molecular formula is C18H13F3N4O2S. The van der Waals surface area contributed by atoms with Crippen molar-refractivity contribution < 1.29 is 21.6 Å². The van der Waals surface area contributed by atoms with Gasteiger partial charge in [-0.25, -0.2) is 18.1 Å². The lowest BCUT2D eigenvalue weighted by Gasteiger charge is -2.06. The number of nitrogens with zero attached hydrogens (tertiary/aromatic N) is 3. The molecule has 0 amide bonds. The zero-order chi connectivity index (χ0) is 20.1. The number of benzene rings is 2. The number of alkyl halides is 3. The van der Waals surface area contributed by atoms with Crippen LogP contribution in [0.1, 0.15) is 5.82 Å². The second kappa shape index (κ2) is 6.20. The van der Waals surface area contributed by atoms with Crippen molar-refractivity contribution in [2.75, 3.05) is 6.26 Å². The highest BCUT2D eigenvalue weighted by Crippen LogP contribution is 2.31. The summed E-state index contributed by atoms with van der Waals surface area (Å²) < 4.78 is 63.9. The summed E-state index contributed by atoms with van der Waals surface area (Å²) in [7, 11) is -3.43. The van der Waals surface area contributed by atoms with E-state index in [0.717, 1.165) is 21.8 Å². The minimum Gasteiger partial charge on any atom is -0.352 e. The molecule has 144 valence electrons. The molecular weight excluding hydrogens is 393 g/mol. The number of rotatable bonds is 3. The van der Waals surface area contributed by atoms with E-state index >= 15 is 0 Å². The van der Waals surface area contributed by atoms with Crippen LogP contribution in [0.5, 0.6) is 0 Å². The van der Waals surface area contributed by atoms with Gasteiger partial charge in [0.25, 0.3) is 5.82 Å². The standard InChI is InChI=1S/C18H13F3N4O2S/c1-28(26,27)13-8-6-12(7-9-13)25-16(23-17(24-25)18(19,20)21)15-10-11-4-2-3-5-14(11)22-15/h2-10,22H,1H3. The summed E-state index contributed by atoms with van der Waals surface area (Å²) in [6.07, 6.45) is -3.67. The van der Waals surface area contributed by atoms with Gasteiger partial charge in [0.05, 0.1) is 16.3 Å². The van der Waals surface area contributed by atoms with Crippen LogP contribution in [0.2, 0.25) is 0 Å². The Morgan fingerprint density at radius 3 is 2.32 bits per heavy atom. The molecule has 2 aromatic carbocycles. The number of fused-ring (bicyclic) bond motifs is 1. The molecule has 6 nitrogen and oxygen atoms in total. The van der Waals surface area contributed by atoms with E-state index in [4.69, 9.17) is 0 Å². The van der Waals surface area contributed by atoms with E-state index in [1.54, 1.807) is 18.2 Å². The number of halogens is 3. The predicted molar refractivity (Wildman–Crippen MR) is 96.8 cm³/mol. The van der Waals surface area contributed by atoms with Crippen LogP contribution in [0.15, 0.2) is 59.5 Å². The number of para-hydroxylation sites is 1. The van der Waals surface area contributed by atoms with Crippen LogP contribution in [0.3, 0.4) is 0 Å². The van der Waals surface area contributed by atoms with E-state index in [2.05, 4.69) is 15.1 Å². The van der Waals surface area contributed by atoms with E-state index in [-0.39, 0.29) is 16.4 Å². The number of sulfone groups is 1. The molecule has 1 N–H and O–H groups in total. The maximum Gasteiger partial charge on any atom is 0.453 e. The van der Waals surface area contributed by atoms with E-state index in [0.29, 0.717) is 5.69 Å². The molecule has 2 aromatic heterocycles. The molecule has 0 aliphatic carbocycles. The van der Waals surface area contributed by atoms with Crippen LogP contribution in [-0.4, -0.2) is 34.4 Å². The van der Waals surface area contributed by atoms with Gasteiger partial charge < -0.3 is 4.98 Å². The lowest BCUT2D eigenvalue weighted by Crippen LogP contribution is -2.08. The third-order valence-corrected chi connectivity index (χ3v) is 5.27. The molecule has 4 rings (SSSR count). The molecule has 0 aliphatic rings. The summed E-state index contributed by atoms with van der Waals surface area (Å²) in [6, 6.07) is 14.3. The van der Waals surface area contributed by atoms with Crippen LogP contribution >= 0.6 is 0 Å². The normalized spacial score (nSPS) is 12.6. The molecule has 0 aliphatic heterocycles. The monoisotopic (exact) mass is 406 g/mol. The third kappa shape index (κ3) is 3.26. The van der Waals surface area contributed by atoms with Gasteiger partial charge in [-0.05, 0) is 36.4 Å². The number of hydrogen-bond donors (Lipinski definition) is 1. The molecule has 0 radical (unpaired) electrons. The SMILES string of the molecule is CS(=O)(=O)c1ccc(-n2nc(C(F)(F)F)nc2-c2cc3ccccc3[nH]2)cc1. The van der Waals surface area contributed by atoms with E-state index < -0.39 is 21.8 Å². The van der Waals surface area contributed by atoms with Crippen LogP contribution in [0, 0.1) is 0 Å². The first-order valence-corrected chi connectivity index (χ1v) is 9.95. The molecule has 10 heteroatoms. The van der Waals surface area contributed by atoms with Crippen molar-refractivity contribution in [1.29, 1.82) is 0 Å². The quantitative estimate of drug-likeness (QED) is 0.561. The second-order valence-corrected chi connectivity index (χ2v) is 8.22. The van der Waals surface area contributed by atoms with Gasteiger partial charge in [-0.2, -0.15) is 13.2 Å². The summed E-state index contributed by atoms with van der Waals surface area (Å²) in [6.45, 7) is 0. The highest BCUT2D eigenvalue weighted by molar-refractivity contribution is 7.90. The Bertz CT molecular complexity index is 1240. The van der Waals surface area contributed by atoms with Gasteiger partial charge in [0.1, 0.15) is 0 Å². The smallest absolute Gasteiger partial charge is 0.352 e. The Morgan fingerprint density at radius 1 is 1.04 bits per heavy atom. The fraction of sp³-hybridized carbons (Fsp3) is 0.111. The van der Waals surface area contributed by atoms with Gasteiger partial charge in [-0.3, -0.25) is 0 Å². The van der Waals surface area contributed by atoms with Gasteiger partial charge >= 0.3 is 6.18 Å². The fourth-order valence-electron chi connectivity index (χ4n) is 2.81. The van der Waals surface area contributed by atoms with Crippen LogP contribution < -0.4 is 0 Å². The molecule has 28 heavy (non-hydrogen) atoms. The molecule has 0 saturated heterocycles. The zero-order valence-corrected chi connectivity index (χ0v) is 15.2. The molecule has 0 fully saturated rings. The Morgan fingerprint density at radius 2 is 1.71 bits per heavy atom. The van der Waals surface area contributed by atoms with Gasteiger partial charge in [0.15, 0.2) is 15.7 Å².